The molecule has 0 spiro atoms. The van der Waals surface area contributed by atoms with Gasteiger partial charge in [0.05, 0.1) is 17.3 Å². The van der Waals surface area contributed by atoms with Crippen LogP contribution in [0.5, 0.6) is 0 Å². The molecule has 2 atom stereocenters. The van der Waals surface area contributed by atoms with Gasteiger partial charge in [-0.3, -0.25) is 4.68 Å². The molecule has 5 nitrogen and oxygen atoms in total. The number of rotatable bonds is 4. The Morgan fingerprint density at radius 2 is 2.17 bits per heavy atom. The number of nitriles is 1. The van der Waals surface area contributed by atoms with Crippen molar-refractivity contribution in [3.63, 3.8) is 0 Å². The van der Waals surface area contributed by atoms with E-state index in [0.29, 0.717) is 13.2 Å². The van der Waals surface area contributed by atoms with Crippen LogP contribution in [0, 0.1) is 28.9 Å². The molecule has 0 aliphatic carbocycles. The molecule has 0 amide bonds. The number of hydrogen-bond donors (Lipinski definition) is 1. The molecule has 1 aliphatic heterocycles. The third-order valence-electron chi connectivity index (χ3n) is 4.08. The Morgan fingerprint density at radius 1 is 1.43 bits per heavy atom. The van der Waals surface area contributed by atoms with Crippen molar-refractivity contribution in [2.24, 2.45) is 13.0 Å². The van der Waals surface area contributed by atoms with Gasteiger partial charge in [-0.05, 0) is 24.6 Å². The minimum absolute atomic E-state index is 0.0393. The second-order valence-electron chi connectivity index (χ2n) is 5.53. The van der Waals surface area contributed by atoms with E-state index in [1.54, 1.807) is 16.9 Å². The van der Waals surface area contributed by atoms with Gasteiger partial charge in [0.1, 0.15) is 11.8 Å². The lowest BCUT2D eigenvalue weighted by Crippen LogP contribution is -2.20. The van der Waals surface area contributed by atoms with Crippen molar-refractivity contribution in [3.8, 4) is 6.07 Å². The number of hydrogen-bond acceptors (Lipinski definition) is 4. The van der Waals surface area contributed by atoms with E-state index in [0.717, 1.165) is 24.2 Å². The standard InChI is InChI=1S/C16H16F2N4O/c1-22-14(2-4-21-22)16-11(3-5-23-16)9-20-15-12(17)6-10(8-19)7-13(15)18/h2,4,6-7,11,16,20H,3,5,9H2,1H3/t11-,16+/m0/s1. The Kier molecular flexibility index (Phi) is 4.26. The van der Waals surface area contributed by atoms with E-state index in [9.17, 15) is 8.78 Å². The van der Waals surface area contributed by atoms with Crippen LogP contribution < -0.4 is 5.32 Å². The Morgan fingerprint density at radius 3 is 2.78 bits per heavy atom. The molecule has 1 saturated heterocycles. The molecule has 1 fully saturated rings. The zero-order chi connectivity index (χ0) is 16.4. The molecule has 0 unspecified atom stereocenters. The highest BCUT2D eigenvalue weighted by Crippen LogP contribution is 2.34. The van der Waals surface area contributed by atoms with Gasteiger partial charge in [0, 0.05) is 32.3 Å². The van der Waals surface area contributed by atoms with Crippen LogP contribution in [-0.2, 0) is 11.8 Å². The summed E-state index contributed by atoms with van der Waals surface area (Å²) in [7, 11) is 1.83. The Bertz CT molecular complexity index is 730. The van der Waals surface area contributed by atoms with Crippen molar-refractivity contribution >= 4 is 5.69 Å². The maximum Gasteiger partial charge on any atom is 0.150 e. The van der Waals surface area contributed by atoms with Gasteiger partial charge >= 0.3 is 0 Å². The number of nitrogens with one attached hydrogen (secondary N) is 1. The molecule has 23 heavy (non-hydrogen) atoms. The highest BCUT2D eigenvalue weighted by Gasteiger charge is 2.31. The van der Waals surface area contributed by atoms with Crippen molar-refractivity contribution in [1.82, 2.24) is 9.78 Å². The second-order valence-corrected chi connectivity index (χ2v) is 5.53. The van der Waals surface area contributed by atoms with Crippen molar-refractivity contribution in [1.29, 1.82) is 5.26 Å². The summed E-state index contributed by atoms with van der Waals surface area (Å²) in [6, 6.07) is 5.65. The first-order chi connectivity index (χ1) is 11.1. The average Bonchev–Trinajstić information content (AvgIpc) is 3.14. The van der Waals surface area contributed by atoms with E-state index in [4.69, 9.17) is 10.00 Å². The Hall–Kier alpha value is -2.46. The van der Waals surface area contributed by atoms with Crippen LogP contribution in [0.1, 0.15) is 23.8 Å². The van der Waals surface area contributed by atoms with Crippen LogP contribution in [0.3, 0.4) is 0 Å². The van der Waals surface area contributed by atoms with Gasteiger partial charge in [-0.1, -0.05) is 0 Å². The highest BCUT2D eigenvalue weighted by atomic mass is 19.1. The first kappa shape index (κ1) is 15.4. The number of benzene rings is 1. The van der Waals surface area contributed by atoms with Crippen molar-refractivity contribution in [3.05, 3.63) is 47.3 Å². The molecule has 120 valence electrons. The topological polar surface area (TPSA) is 62.9 Å². The third kappa shape index (κ3) is 3.03. The molecule has 1 aromatic carbocycles. The molecule has 2 heterocycles. The van der Waals surface area contributed by atoms with Crippen LogP contribution in [0.15, 0.2) is 24.4 Å². The Balaban J connectivity index is 1.73. The summed E-state index contributed by atoms with van der Waals surface area (Å²) in [5, 5.41) is 15.7. The first-order valence-electron chi connectivity index (χ1n) is 7.32. The van der Waals surface area contributed by atoms with Crippen LogP contribution in [0.25, 0.3) is 0 Å². The van der Waals surface area contributed by atoms with Gasteiger partial charge in [-0.2, -0.15) is 10.4 Å². The SMILES string of the molecule is Cn1nccc1[C@@H]1OCC[C@H]1CNc1c(F)cc(C#N)cc1F. The van der Waals surface area contributed by atoms with Crippen molar-refractivity contribution < 1.29 is 13.5 Å². The summed E-state index contributed by atoms with van der Waals surface area (Å²) < 4.78 is 35.3. The normalized spacial score (nSPS) is 20.4. The summed E-state index contributed by atoms with van der Waals surface area (Å²) in [4.78, 5) is 0. The van der Waals surface area contributed by atoms with Crippen LogP contribution in [0.2, 0.25) is 0 Å². The molecule has 2 aromatic rings. The number of ether oxygens (including phenoxy) is 1. The zero-order valence-corrected chi connectivity index (χ0v) is 12.6. The average molecular weight is 318 g/mol. The van der Waals surface area contributed by atoms with E-state index in [-0.39, 0.29) is 23.3 Å². The summed E-state index contributed by atoms with van der Waals surface area (Å²) in [6.45, 7) is 0.968. The van der Waals surface area contributed by atoms with Crippen LogP contribution in [0.4, 0.5) is 14.5 Å². The molecule has 1 N–H and O–H groups in total. The maximum absolute atomic E-state index is 13.9. The van der Waals surface area contributed by atoms with E-state index >= 15 is 0 Å². The van der Waals surface area contributed by atoms with E-state index in [1.165, 1.54) is 0 Å². The summed E-state index contributed by atoms with van der Waals surface area (Å²) in [5.74, 6) is -1.45. The molecule has 1 aromatic heterocycles. The quantitative estimate of drug-likeness (QED) is 0.941. The largest absolute Gasteiger partial charge is 0.380 e. The number of halogens is 2. The predicted molar refractivity (Wildman–Crippen MR) is 79.6 cm³/mol. The van der Waals surface area contributed by atoms with Crippen LogP contribution >= 0.6 is 0 Å². The maximum atomic E-state index is 13.9. The molecule has 0 radical (unpaired) electrons. The molecule has 0 saturated carbocycles. The molecule has 0 bridgehead atoms. The summed E-state index contributed by atoms with van der Waals surface area (Å²) in [5.41, 5.74) is 0.692. The van der Waals surface area contributed by atoms with Gasteiger partial charge in [0.2, 0.25) is 0 Å². The van der Waals surface area contributed by atoms with Gasteiger partial charge in [-0.15, -0.1) is 0 Å². The first-order valence-corrected chi connectivity index (χ1v) is 7.32. The monoisotopic (exact) mass is 318 g/mol. The highest BCUT2D eigenvalue weighted by molar-refractivity contribution is 5.50. The van der Waals surface area contributed by atoms with Gasteiger partial charge in [0.25, 0.3) is 0 Å². The Labute approximate surface area is 132 Å². The fraction of sp³-hybridized carbons (Fsp3) is 0.375. The summed E-state index contributed by atoms with van der Waals surface area (Å²) in [6.07, 6.45) is 2.34. The molecule has 3 rings (SSSR count). The number of nitrogens with zero attached hydrogens (tertiary/aromatic N) is 3. The second kappa shape index (κ2) is 6.34. The number of aryl methyl sites for hydroxylation is 1. The van der Waals surface area contributed by atoms with E-state index < -0.39 is 11.6 Å². The smallest absolute Gasteiger partial charge is 0.150 e. The van der Waals surface area contributed by atoms with E-state index in [1.807, 2.05) is 13.1 Å². The van der Waals surface area contributed by atoms with Crippen molar-refractivity contribution in [2.75, 3.05) is 18.5 Å². The fourth-order valence-electron chi connectivity index (χ4n) is 2.87. The summed E-state index contributed by atoms with van der Waals surface area (Å²) >= 11 is 0. The van der Waals surface area contributed by atoms with Crippen molar-refractivity contribution in [2.45, 2.75) is 12.5 Å². The van der Waals surface area contributed by atoms with Gasteiger partial charge < -0.3 is 10.1 Å². The molecular weight excluding hydrogens is 302 g/mol. The lowest BCUT2D eigenvalue weighted by molar-refractivity contribution is 0.0866. The minimum Gasteiger partial charge on any atom is -0.380 e. The molecular formula is C16H16F2N4O. The molecule has 7 heteroatoms. The van der Waals surface area contributed by atoms with Gasteiger partial charge in [-0.25, -0.2) is 8.78 Å². The lowest BCUT2D eigenvalue weighted by atomic mass is 9.98. The van der Waals surface area contributed by atoms with Gasteiger partial charge in [0.15, 0.2) is 11.6 Å². The predicted octanol–water partition coefficient (Wildman–Crippen LogP) is 2.76. The molecule has 1 aliphatic rings. The zero-order valence-electron chi connectivity index (χ0n) is 12.6. The third-order valence-corrected chi connectivity index (χ3v) is 4.08. The fourth-order valence-corrected chi connectivity index (χ4v) is 2.87. The minimum atomic E-state index is -0.766. The van der Waals surface area contributed by atoms with Crippen LogP contribution in [-0.4, -0.2) is 22.9 Å². The lowest BCUT2D eigenvalue weighted by Gasteiger charge is -2.20. The number of anilines is 1. The number of aromatic nitrogens is 2. The van der Waals surface area contributed by atoms with E-state index in [2.05, 4.69) is 10.4 Å².